The highest BCUT2D eigenvalue weighted by molar-refractivity contribution is 5.68. The highest BCUT2D eigenvalue weighted by Crippen LogP contribution is 2.42. The number of rotatable bonds is 4. The quantitative estimate of drug-likeness (QED) is 0.771. The predicted octanol–water partition coefficient (Wildman–Crippen LogP) is 3.52. The Bertz CT molecular complexity index is 941. The number of aromatic nitrogens is 4. The van der Waals surface area contributed by atoms with Gasteiger partial charge in [0.2, 0.25) is 5.95 Å². The molecule has 2 N–H and O–H groups in total. The Labute approximate surface area is 159 Å². The zero-order valence-electron chi connectivity index (χ0n) is 15.3. The van der Waals surface area contributed by atoms with E-state index in [1.807, 2.05) is 18.6 Å². The second kappa shape index (κ2) is 6.68. The van der Waals surface area contributed by atoms with E-state index in [2.05, 4.69) is 48.7 Å². The summed E-state index contributed by atoms with van der Waals surface area (Å²) in [6.45, 7) is 2.08. The van der Waals surface area contributed by atoms with Gasteiger partial charge in [0.15, 0.2) is 0 Å². The third-order valence-electron chi connectivity index (χ3n) is 6.04. The Balaban J connectivity index is 1.22. The maximum atomic E-state index is 5.72. The summed E-state index contributed by atoms with van der Waals surface area (Å²) < 4.78 is 2.35. The molecule has 0 aliphatic carbocycles. The van der Waals surface area contributed by atoms with Crippen LogP contribution in [0.1, 0.15) is 37.3 Å². The number of benzene rings is 1. The van der Waals surface area contributed by atoms with E-state index in [1.54, 1.807) is 6.20 Å². The Kier molecular flexibility index (Phi) is 4.03. The van der Waals surface area contributed by atoms with E-state index < -0.39 is 0 Å². The fraction of sp³-hybridized carbons (Fsp3) is 0.381. The van der Waals surface area contributed by atoms with Crippen molar-refractivity contribution < 1.29 is 0 Å². The number of hydrogen-bond acceptors (Lipinski definition) is 5. The van der Waals surface area contributed by atoms with Gasteiger partial charge in [0, 0.05) is 24.8 Å². The largest absolute Gasteiger partial charge is 0.368 e. The van der Waals surface area contributed by atoms with Gasteiger partial charge in [0.05, 0.1) is 24.3 Å². The smallest absolute Gasteiger partial charge is 0.221 e. The summed E-state index contributed by atoms with van der Waals surface area (Å²) in [6, 6.07) is 11.1. The number of imidazole rings is 1. The first-order chi connectivity index (χ1) is 13.3. The SMILES string of the molecule is Nc1nccc(N2CCC(CCC3c4ccccc4-c4cncn43)CC2)n1. The first kappa shape index (κ1) is 16.3. The zero-order valence-corrected chi connectivity index (χ0v) is 15.3. The second-order valence-electron chi connectivity index (χ2n) is 7.57. The average Bonchev–Trinajstić information content (AvgIpc) is 3.28. The highest BCUT2D eigenvalue weighted by Gasteiger charge is 2.29. The molecular weight excluding hydrogens is 336 g/mol. The minimum absolute atomic E-state index is 0.352. The van der Waals surface area contributed by atoms with Crippen LogP contribution in [0.25, 0.3) is 11.3 Å². The molecule has 0 radical (unpaired) electrons. The zero-order chi connectivity index (χ0) is 18.2. The van der Waals surface area contributed by atoms with Gasteiger partial charge >= 0.3 is 0 Å². The van der Waals surface area contributed by atoms with Gasteiger partial charge in [-0.1, -0.05) is 24.3 Å². The van der Waals surface area contributed by atoms with Crippen molar-refractivity contribution in [1.82, 2.24) is 19.5 Å². The van der Waals surface area contributed by atoms with Crippen molar-refractivity contribution in [2.24, 2.45) is 5.92 Å². The fourth-order valence-electron chi connectivity index (χ4n) is 4.61. The lowest BCUT2D eigenvalue weighted by Crippen LogP contribution is -2.34. The number of hydrogen-bond donors (Lipinski definition) is 1. The van der Waals surface area contributed by atoms with Gasteiger partial charge < -0.3 is 15.2 Å². The van der Waals surface area contributed by atoms with Crippen LogP contribution in [-0.4, -0.2) is 32.6 Å². The Hall–Kier alpha value is -2.89. The lowest BCUT2D eigenvalue weighted by atomic mass is 9.89. The van der Waals surface area contributed by atoms with Crippen LogP contribution in [0, 0.1) is 5.92 Å². The maximum absolute atomic E-state index is 5.72. The van der Waals surface area contributed by atoms with Crippen LogP contribution in [0.2, 0.25) is 0 Å². The normalized spacial score (nSPS) is 19.1. The molecule has 4 heterocycles. The molecule has 1 atom stereocenters. The summed E-state index contributed by atoms with van der Waals surface area (Å²) in [4.78, 5) is 15.0. The van der Waals surface area contributed by atoms with Crippen molar-refractivity contribution >= 4 is 11.8 Å². The monoisotopic (exact) mass is 360 g/mol. The fourth-order valence-corrected chi connectivity index (χ4v) is 4.61. The molecule has 1 unspecified atom stereocenters. The molecule has 2 aromatic heterocycles. The van der Waals surface area contributed by atoms with E-state index in [1.165, 1.54) is 42.5 Å². The number of anilines is 2. The van der Waals surface area contributed by atoms with Crippen molar-refractivity contribution in [3.8, 4) is 11.3 Å². The minimum atomic E-state index is 0.352. The van der Waals surface area contributed by atoms with Crippen LogP contribution in [0.5, 0.6) is 0 Å². The number of nitrogens with two attached hydrogens (primary N) is 1. The number of nitrogens with zero attached hydrogens (tertiary/aromatic N) is 5. The second-order valence-corrected chi connectivity index (χ2v) is 7.57. The summed E-state index contributed by atoms with van der Waals surface area (Å²) >= 11 is 0. The molecule has 2 aliphatic heterocycles. The van der Waals surface area contributed by atoms with E-state index in [0.29, 0.717) is 12.0 Å². The van der Waals surface area contributed by atoms with Crippen molar-refractivity contribution in [3.05, 3.63) is 54.6 Å². The van der Waals surface area contributed by atoms with Crippen LogP contribution in [-0.2, 0) is 0 Å². The van der Waals surface area contributed by atoms with Crippen molar-refractivity contribution in [2.75, 3.05) is 23.7 Å². The molecule has 6 heteroatoms. The minimum Gasteiger partial charge on any atom is -0.368 e. The molecular formula is C21H24N6. The molecule has 2 aliphatic rings. The molecule has 0 spiro atoms. The molecule has 6 nitrogen and oxygen atoms in total. The molecule has 27 heavy (non-hydrogen) atoms. The lowest BCUT2D eigenvalue weighted by Gasteiger charge is -2.33. The molecule has 5 rings (SSSR count). The molecule has 3 aromatic rings. The van der Waals surface area contributed by atoms with Gasteiger partial charge in [-0.15, -0.1) is 0 Å². The summed E-state index contributed by atoms with van der Waals surface area (Å²) in [6.07, 6.45) is 10.5. The Morgan fingerprint density at radius 3 is 2.78 bits per heavy atom. The summed E-state index contributed by atoms with van der Waals surface area (Å²) in [5.74, 6) is 2.07. The standard InChI is InChI=1S/C21H24N6/c22-21-24-10-7-20(25-21)26-11-8-15(9-12-26)5-6-18-16-3-1-2-4-17(16)19-13-23-14-27(18)19/h1-4,7,10,13-15,18H,5-6,8-9,11-12H2,(H2,22,24,25). The predicted molar refractivity (Wildman–Crippen MR) is 106 cm³/mol. The van der Waals surface area contributed by atoms with Crippen molar-refractivity contribution in [1.29, 1.82) is 0 Å². The third-order valence-corrected chi connectivity index (χ3v) is 6.04. The summed E-state index contributed by atoms with van der Waals surface area (Å²) in [5.41, 5.74) is 9.77. The summed E-state index contributed by atoms with van der Waals surface area (Å²) in [5, 5.41) is 0. The number of fused-ring (bicyclic) bond motifs is 3. The number of piperidine rings is 1. The number of nitrogen functional groups attached to an aromatic ring is 1. The molecule has 1 fully saturated rings. The molecule has 0 saturated carbocycles. The lowest BCUT2D eigenvalue weighted by molar-refractivity contribution is 0.352. The highest BCUT2D eigenvalue weighted by atomic mass is 15.2. The van der Waals surface area contributed by atoms with Gasteiger partial charge in [-0.3, -0.25) is 0 Å². The van der Waals surface area contributed by atoms with Crippen LogP contribution in [0.4, 0.5) is 11.8 Å². The Morgan fingerprint density at radius 2 is 1.93 bits per heavy atom. The van der Waals surface area contributed by atoms with E-state index in [9.17, 15) is 0 Å². The van der Waals surface area contributed by atoms with Crippen LogP contribution in [0.3, 0.4) is 0 Å². The Morgan fingerprint density at radius 1 is 1.07 bits per heavy atom. The molecule has 0 bridgehead atoms. The van der Waals surface area contributed by atoms with Gasteiger partial charge in [-0.25, -0.2) is 9.97 Å². The van der Waals surface area contributed by atoms with E-state index >= 15 is 0 Å². The maximum Gasteiger partial charge on any atom is 0.221 e. The average molecular weight is 360 g/mol. The van der Waals surface area contributed by atoms with E-state index in [0.717, 1.165) is 24.8 Å². The van der Waals surface area contributed by atoms with Gasteiger partial charge in [-0.2, -0.15) is 4.98 Å². The van der Waals surface area contributed by atoms with Crippen LogP contribution < -0.4 is 10.6 Å². The molecule has 1 saturated heterocycles. The van der Waals surface area contributed by atoms with Gasteiger partial charge in [0.1, 0.15) is 5.82 Å². The molecule has 0 amide bonds. The van der Waals surface area contributed by atoms with Crippen LogP contribution in [0.15, 0.2) is 49.1 Å². The third kappa shape index (κ3) is 2.95. The van der Waals surface area contributed by atoms with E-state index in [4.69, 9.17) is 5.73 Å². The van der Waals surface area contributed by atoms with Crippen molar-refractivity contribution in [3.63, 3.8) is 0 Å². The summed E-state index contributed by atoms with van der Waals surface area (Å²) in [7, 11) is 0. The molecule has 1 aromatic carbocycles. The van der Waals surface area contributed by atoms with Crippen molar-refractivity contribution in [2.45, 2.75) is 31.7 Å². The molecule has 138 valence electrons. The topological polar surface area (TPSA) is 72.9 Å². The first-order valence-corrected chi connectivity index (χ1v) is 9.74. The first-order valence-electron chi connectivity index (χ1n) is 9.74. The van der Waals surface area contributed by atoms with E-state index in [-0.39, 0.29) is 0 Å². The van der Waals surface area contributed by atoms with Gasteiger partial charge in [-0.05, 0) is 43.2 Å². The van der Waals surface area contributed by atoms with Crippen LogP contribution >= 0.6 is 0 Å². The van der Waals surface area contributed by atoms with Gasteiger partial charge in [0.25, 0.3) is 0 Å².